The van der Waals surface area contributed by atoms with Gasteiger partial charge in [0.1, 0.15) is 5.78 Å². The first-order valence-corrected chi connectivity index (χ1v) is 6.60. The third-order valence-corrected chi connectivity index (χ3v) is 4.11. The van der Waals surface area contributed by atoms with Gasteiger partial charge in [-0.3, -0.25) is 9.59 Å². The lowest BCUT2D eigenvalue weighted by Gasteiger charge is -2.42. The van der Waals surface area contributed by atoms with E-state index in [-0.39, 0.29) is 17.9 Å². The van der Waals surface area contributed by atoms with Crippen molar-refractivity contribution < 1.29 is 9.59 Å². The molecule has 3 heteroatoms. The summed E-state index contributed by atoms with van der Waals surface area (Å²) in [6, 6.07) is 10.3. The smallest absolute Gasteiger partial charge is 0.223 e. The molecule has 2 bridgehead atoms. The zero-order valence-corrected chi connectivity index (χ0v) is 10.3. The summed E-state index contributed by atoms with van der Waals surface area (Å²) >= 11 is 0. The number of hydrogen-bond acceptors (Lipinski definition) is 2. The van der Waals surface area contributed by atoms with Crippen molar-refractivity contribution in [1.82, 2.24) is 4.90 Å². The number of carbonyl (C=O) groups is 2. The Labute approximate surface area is 107 Å². The van der Waals surface area contributed by atoms with Crippen molar-refractivity contribution in [2.24, 2.45) is 5.92 Å². The molecule has 1 saturated heterocycles. The van der Waals surface area contributed by atoms with Crippen LogP contribution in [0.25, 0.3) is 0 Å². The molecule has 1 aliphatic carbocycles. The van der Waals surface area contributed by atoms with Gasteiger partial charge in [0.15, 0.2) is 0 Å². The summed E-state index contributed by atoms with van der Waals surface area (Å²) in [4.78, 5) is 25.7. The zero-order valence-electron chi connectivity index (χ0n) is 10.3. The third-order valence-electron chi connectivity index (χ3n) is 4.11. The first kappa shape index (κ1) is 11.5. The summed E-state index contributed by atoms with van der Waals surface area (Å²) in [6.07, 6.45) is 2.78. The maximum atomic E-state index is 12.1. The van der Waals surface area contributed by atoms with E-state index in [2.05, 4.69) is 0 Å². The second kappa shape index (κ2) is 4.56. The lowest BCUT2D eigenvalue weighted by atomic mass is 9.78. The third kappa shape index (κ3) is 2.05. The molecule has 1 aliphatic heterocycles. The molecule has 2 aliphatic rings. The van der Waals surface area contributed by atoms with Crippen LogP contribution in [-0.2, 0) is 16.1 Å². The van der Waals surface area contributed by atoms with E-state index in [4.69, 9.17) is 0 Å². The summed E-state index contributed by atoms with van der Waals surface area (Å²) in [5.41, 5.74) is 1.17. The van der Waals surface area contributed by atoms with Gasteiger partial charge in [0.2, 0.25) is 5.91 Å². The Morgan fingerprint density at radius 2 is 1.94 bits per heavy atom. The number of hydrogen-bond donors (Lipinski definition) is 0. The lowest BCUT2D eigenvalue weighted by molar-refractivity contribution is -0.147. The molecule has 3 nitrogen and oxygen atoms in total. The van der Waals surface area contributed by atoms with E-state index in [0.717, 1.165) is 12.8 Å². The molecule has 2 unspecified atom stereocenters. The Bertz CT molecular complexity index is 469. The highest BCUT2D eigenvalue weighted by Gasteiger charge is 2.40. The van der Waals surface area contributed by atoms with Gasteiger partial charge in [-0.15, -0.1) is 0 Å². The predicted octanol–water partition coefficient (Wildman–Crippen LogP) is 2.16. The SMILES string of the molecule is O=C1CCC2CC1CC(=O)N2Cc1ccccc1. The molecule has 2 fully saturated rings. The Morgan fingerprint density at radius 3 is 2.72 bits per heavy atom. The Morgan fingerprint density at radius 1 is 1.17 bits per heavy atom. The average molecular weight is 243 g/mol. The highest BCUT2D eigenvalue weighted by Crippen LogP contribution is 2.34. The number of carbonyl (C=O) groups excluding carboxylic acids is 2. The maximum Gasteiger partial charge on any atom is 0.223 e. The van der Waals surface area contributed by atoms with E-state index in [1.807, 2.05) is 35.2 Å². The molecule has 1 aromatic rings. The largest absolute Gasteiger partial charge is 0.335 e. The van der Waals surface area contributed by atoms with Crippen molar-refractivity contribution in [1.29, 1.82) is 0 Å². The average Bonchev–Trinajstić information content (AvgIpc) is 2.39. The fourth-order valence-electron chi connectivity index (χ4n) is 3.10. The minimum absolute atomic E-state index is 0.00303. The molecular formula is C15H17NO2. The van der Waals surface area contributed by atoms with Gasteiger partial charge in [-0.25, -0.2) is 0 Å². The van der Waals surface area contributed by atoms with Gasteiger partial charge >= 0.3 is 0 Å². The molecule has 0 N–H and O–H groups in total. The minimum Gasteiger partial charge on any atom is -0.335 e. The molecule has 1 saturated carbocycles. The van der Waals surface area contributed by atoms with E-state index >= 15 is 0 Å². The van der Waals surface area contributed by atoms with E-state index in [9.17, 15) is 9.59 Å². The number of fused-ring (bicyclic) bond motifs is 2. The fourth-order valence-corrected chi connectivity index (χ4v) is 3.10. The summed E-state index contributed by atoms with van der Waals surface area (Å²) in [5.74, 6) is 0.440. The van der Waals surface area contributed by atoms with Crippen molar-refractivity contribution in [2.45, 2.75) is 38.3 Å². The zero-order chi connectivity index (χ0) is 12.5. The van der Waals surface area contributed by atoms with Crippen LogP contribution >= 0.6 is 0 Å². The number of amides is 1. The Kier molecular flexibility index (Phi) is 2.90. The van der Waals surface area contributed by atoms with Crippen molar-refractivity contribution in [3.05, 3.63) is 35.9 Å². The predicted molar refractivity (Wildman–Crippen MR) is 67.7 cm³/mol. The number of piperidine rings is 1. The van der Waals surface area contributed by atoms with E-state index in [1.165, 1.54) is 5.56 Å². The number of likely N-dealkylation sites (tertiary alicyclic amines) is 1. The second-order valence-electron chi connectivity index (χ2n) is 5.30. The van der Waals surface area contributed by atoms with E-state index < -0.39 is 0 Å². The summed E-state index contributed by atoms with van der Waals surface area (Å²) in [6.45, 7) is 0.686. The van der Waals surface area contributed by atoms with Crippen LogP contribution < -0.4 is 0 Å². The Hall–Kier alpha value is -1.64. The van der Waals surface area contributed by atoms with Crippen molar-refractivity contribution in [3.63, 3.8) is 0 Å². The number of Topliss-reactive ketones (excluding diaryl/α,β-unsaturated/α-hetero) is 1. The van der Waals surface area contributed by atoms with Gasteiger partial charge in [-0.1, -0.05) is 30.3 Å². The standard InChI is InChI=1S/C15H17NO2/c17-14-7-6-13-8-12(14)9-15(18)16(13)10-11-4-2-1-3-5-11/h1-5,12-13H,6-10H2. The van der Waals surface area contributed by atoms with Crippen molar-refractivity contribution in [2.75, 3.05) is 0 Å². The first-order chi connectivity index (χ1) is 8.74. The topological polar surface area (TPSA) is 37.4 Å². The fraction of sp³-hybridized carbons (Fsp3) is 0.467. The van der Waals surface area contributed by atoms with Crippen molar-refractivity contribution >= 4 is 11.7 Å². The van der Waals surface area contributed by atoms with Gasteiger partial charge in [-0.05, 0) is 18.4 Å². The lowest BCUT2D eigenvalue weighted by Crippen LogP contribution is -2.50. The first-order valence-electron chi connectivity index (χ1n) is 6.60. The van der Waals surface area contributed by atoms with Gasteiger partial charge in [0.05, 0.1) is 0 Å². The molecule has 1 aromatic carbocycles. The van der Waals surface area contributed by atoms with Crippen LogP contribution in [0.1, 0.15) is 31.2 Å². The second-order valence-corrected chi connectivity index (χ2v) is 5.30. The van der Waals surface area contributed by atoms with Crippen LogP contribution in [0.4, 0.5) is 0 Å². The van der Waals surface area contributed by atoms with Crippen molar-refractivity contribution in [3.8, 4) is 0 Å². The van der Waals surface area contributed by atoms with Gasteiger partial charge < -0.3 is 4.90 Å². The molecule has 2 atom stereocenters. The maximum absolute atomic E-state index is 12.1. The van der Waals surface area contributed by atoms with Crippen LogP contribution in [0, 0.1) is 5.92 Å². The minimum atomic E-state index is 0.00303. The van der Waals surface area contributed by atoms with Crippen LogP contribution in [0.5, 0.6) is 0 Å². The number of rotatable bonds is 2. The normalized spacial score (nSPS) is 27.4. The quantitative estimate of drug-likeness (QED) is 0.798. The van der Waals surface area contributed by atoms with Gasteiger partial charge in [0.25, 0.3) is 0 Å². The van der Waals surface area contributed by atoms with Gasteiger partial charge in [0, 0.05) is 31.3 Å². The number of nitrogens with zero attached hydrogens (tertiary/aromatic N) is 1. The van der Waals surface area contributed by atoms with Crippen LogP contribution in [0.15, 0.2) is 30.3 Å². The molecule has 1 amide bonds. The molecule has 0 aromatic heterocycles. The molecular weight excluding hydrogens is 226 g/mol. The van der Waals surface area contributed by atoms with Gasteiger partial charge in [-0.2, -0.15) is 0 Å². The Balaban J connectivity index is 1.76. The molecule has 0 spiro atoms. The highest BCUT2D eigenvalue weighted by atomic mass is 16.2. The van der Waals surface area contributed by atoms with Crippen LogP contribution in [0.2, 0.25) is 0 Å². The summed E-state index contributed by atoms with van der Waals surface area (Å²) in [7, 11) is 0. The molecule has 3 rings (SSSR count). The van der Waals surface area contributed by atoms with E-state index in [1.54, 1.807) is 0 Å². The monoisotopic (exact) mass is 243 g/mol. The number of ketones is 1. The molecule has 94 valence electrons. The van der Waals surface area contributed by atoms with Crippen LogP contribution in [-0.4, -0.2) is 22.6 Å². The highest BCUT2D eigenvalue weighted by molar-refractivity contribution is 5.89. The van der Waals surface area contributed by atoms with E-state index in [0.29, 0.717) is 25.2 Å². The molecule has 0 radical (unpaired) electrons. The number of benzene rings is 1. The van der Waals surface area contributed by atoms with Crippen LogP contribution in [0.3, 0.4) is 0 Å². The molecule has 18 heavy (non-hydrogen) atoms. The molecule has 1 heterocycles. The summed E-state index contributed by atoms with van der Waals surface area (Å²) < 4.78 is 0. The summed E-state index contributed by atoms with van der Waals surface area (Å²) in [5, 5.41) is 0.